The molecule has 0 aliphatic rings. The highest BCUT2D eigenvalue weighted by Gasteiger charge is 2.26. The van der Waals surface area contributed by atoms with Gasteiger partial charge in [-0.2, -0.15) is 0 Å². The lowest BCUT2D eigenvalue weighted by molar-refractivity contribution is -0.101. The van der Waals surface area contributed by atoms with Gasteiger partial charge >= 0.3 is 0 Å². The van der Waals surface area contributed by atoms with E-state index in [2.05, 4.69) is 83.1 Å². The van der Waals surface area contributed by atoms with E-state index in [1.54, 1.807) is 0 Å². The largest absolute Gasteiger partial charge is 0.379 e. The number of hydrogen-bond acceptors (Lipinski definition) is 3. The molecule has 1 atom stereocenters. The Labute approximate surface area is 171 Å². The first-order chi connectivity index (χ1) is 12.1. The van der Waals surface area contributed by atoms with Crippen molar-refractivity contribution < 1.29 is 14.2 Å². The molecule has 3 heteroatoms. The second-order valence-corrected chi connectivity index (χ2v) is 11.0. The first-order valence-electron chi connectivity index (χ1n) is 11.0. The zero-order chi connectivity index (χ0) is 21.7. The maximum Gasteiger partial charge on any atom is 0.0857 e. The van der Waals surface area contributed by atoms with Crippen LogP contribution in [0.1, 0.15) is 102 Å². The van der Waals surface area contributed by atoms with Gasteiger partial charge in [-0.05, 0) is 43.9 Å². The Kier molecular flexibility index (Phi) is 15.0. The van der Waals surface area contributed by atoms with Crippen LogP contribution in [0.4, 0.5) is 0 Å². The first-order valence-corrected chi connectivity index (χ1v) is 11.0. The third kappa shape index (κ3) is 22.0. The van der Waals surface area contributed by atoms with Gasteiger partial charge in [-0.15, -0.1) is 0 Å². The monoisotopic (exact) mass is 388 g/mol. The minimum atomic E-state index is -0.107. The second kappa shape index (κ2) is 14.0. The summed E-state index contributed by atoms with van der Waals surface area (Å²) in [4.78, 5) is 0. The minimum Gasteiger partial charge on any atom is -0.379 e. The molecule has 0 N–H and O–H groups in total. The van der Waals surface area contributed by atoms with Crippen molar-refractivity contribution in [1.29, 1.82) is 0 Å². The predicted molar refractivity (Wildman–Crippen MR) is 120 cm³/mol. The van der Waals surface area contributed by atoms with Gasteiger partial charge in [0, 0.05) is 6.61 Å². The fraction of sp³-hybridized carbons (Fsp3) is 1.00. The summed E-state index contributed by atoms with van der Waals surface area (Å²) in [6.45, 7) is 28.9. The minimum absolute atomic E-state index is 0.0729. The third-order valence-electron chi connectivity index (χ3n) is 4.56. The summed E-state index contributed by atoms with van der Waals surface area (Å²) in [5.74, 6) is 0.935. The molecule has 1 unspecified atom stereocenters. The molecule has 166 valence electrons. The summed E-state index contributed by atoms with van der Waals surface area (Å²) >= 11 is 0. The van der Waals surface area contributed by atoms with Gasteiger partial charge < -0.3 is 14.2 Å². The van der Waals surface area contributed by atoms with Crippen LogP contribution in [0.2, 0.25) is 0 Å². The van der Waals surface area contributed by atoms with Crippen molar-refractivity contribution >= 4 is 0 Å². The van der Waals surface area contributed by atoms with Gasteiger partial charge in [0.25, 0.3) is 0 Å². The van der Waals surface area contributed by atoms with Crippen LogP contribution in [0.15, 0.2) is 0 Å². The lowest BCUT2D eigenvalue weighted by atomic mass is 9.89. The zero-order valence-electron chi connectivity index (χ0n) is 20.8. The molecule has 0 aromatic heterocycles. The molecule has 0 aliphatic carbocycles. The lowest BCUT2D eigenvalue weighted by Crippen LogP contribution is -2.35. The summed E-state index contributed by atoms with van der Waals surface area (Å²) in [7, 11) is 0. The van der Waals surface area contributed by atoms with Gasteiger partial charge in [-0.3, -0.25) is 0 Å². The molecular weight excluding hydrogens is 336 g/mol. The van der Waals surface area contributed by atoms with E-state index in [9.17, 15) is 0 Å². The normalized spacial score (nSPS) is 14.1. The van der Waals surface area contributed by atoms with E-state index < -0.39 is 0 Å². The van der Waals surface area contributed by atoms with E-state index >= 15 is 0 Å². The van der Waals surface area contributed by atoms with Gasteiger partial charge in [0.1, 0.15) is 0 Å². The Hall–Kier alpha value is -0.120. The van der Waals surface area contributed by atoms with Crippen LogP contribution in [0.5, 0.6) is 0 Å². The van der Waals surface area contributed by atoms with Gasteiger partial charge in [0.2, 0.25) is 0 Å². The van der Waals surface area contributed by atoms with E-state index in [-0.39, 0.29) is 17.1 Å². The maximum atomic E-state index is 5.98. The quantitative estimate of drug-likeness (QED) is 0.373. The first kappa shape index (κ1) is 29.1. The number of hydrogen-bond donors (Lipinski definition) is 0. The van der Waals surface area contributed by atoms with Crippen molar-refractivity contribution in [3.8, 4) is 0 Å². The summed E-state index contributed by atoms with van der Waals surface area (Å²) in [5, 5.41) is 0. The second-order valence-electron chi connectivity index (χ2n) is 11.0. The van der Waals surface area contributed by atoms with Crippen LogP contribution in [-0.2, 0) is 14.2 Å². The Morgan fingerprint density at radius 2 is 1.26 bits per heavy atom. The Morgan fingerprint density at radius 3 is 1.59 bits per heavy atom. The van der Waals surface area contributed by atoms with Crippen molar-refractivity contribution in [2.75, 3.05) is 26.4 Å². The Morgan fingerprint density at radius 1 is 0.741 bits per heavy atom. The molecule has 0 heterocycles. The van der Waals surface area contributed by atoms with Crippen LogP contribution in [-0.4, -0.2) is 38.1 Å². The summed E-state index contributed by atoms with van der Waals surface area (Å²) in [5.41, 5.74) is 0.284. The molecule has 0 aromatic rings. The fourth-order valence-electron chi connectivity index (χ4n) is 1.94. The summed E-state index contributed by atoms with van der Waals surface area (Å²) in [6.07, 6.45) is 3.82. The highest BCUT2D eigenvalue weighted by atomic mass is 16.6. The molecule has 0 fully saturated rings. The standard InChI is InChI=1S/C18H38O3.C6H14/c1-16(2,3)10-11-19-14-15(17(4,5)6)20-12-13-21-18(7,8)9;1-4-6(3)5-2/h15H,10-14H2,1-9H3;6H,4-5H2,1-3H3. The fourth-order valence-corrected chi connectivity index (χ4v) is 1.94. The maximum absolute atomic E-state index is 5.98. The van der Waals surface area contributed by atoms with Gasteiger partial charge in [0.05, 0.1) is 31.5 Å². The molecule has 0 saturated carbocycles. The molecule has 0 rings (SSSR count). The molecule has 0 aromatic carbocycles. The molecule has 0 amide bonds. The third-order valence-corrected chi connectivity index (χ3v) is 4.56. The highest BCUT2D eigenvalue weighted by Crippen LogP contribution is 2.24. The molecule has 0 spiro atoms. The van der Waals surface area contributed by atoms with Crippen molar-refractivity contribution in [2.45, 2.75) is 114 Å². The average molecular weight is 389 g/mol. The smallest absolute Gasteiger partial charge is 0.0857 e. The van der Waals surface area contributed by atoms with Crippen molar-refractivity contribution in [3.63, 3.8) is 0 Å². The van der Waals surface area contributed by atoms with E-state index in [0.29, 0.717) is 25.2 Å². The molecule has 0 bridgehead atoms. The Bertz CT molecular complexity index is 305. The van der Waals surface area contributed by atoms with Crippen molar-refractivity contribution in [1.82, 2.24) is 0 Å². The zero-order valence-corrected chi connectivity index (χ0v) is 20.8. The average Bonchev–Trinajstić information content (AvgIpc) is 2.49. The van der Waals surface area contributed by atoms with Gasteiger partial charge in [0.15, 0.2) is 0 Å². The topological polar surface area (TPSA) is 27.7 Å². The molecule has 0 saturated heterocycles. The SMILES string of the molecule is CC(C)(C)CCOCC(OCCOC(C)(C)C)C(C)(C)C.CCC(C)CC. The number of ether oxygens (including phenoxy) is 3. The van der Waals surface area contributed by atoms with Crippen molar-refractivity contribution in [2.24, 2.45) is 16.7 Å². The van der Waals surface area contributed by atoms with E-state index in [0.717, 1.165) is 18.9 Å². The van der Waals surface area contributed by atoms with E-state index in [4.69, 9.17) is 14.2 Å². The van der Waals surface area contributed by atoms with Gasteiger partial charge in [-0.25, -0.2) is 0 Å². The highest BCUT2D eigenvalue weighted by molar-refractivity contribution is 4.74. The molecular formula is C24H52O3. The molecule has 3 nitrogen and oxygen atoms in total. The van der Waals surface area contributed by atoms with Crippen LogP contribution in [0, 0.1) is 16.7 Å². The predicted octanol–water partition coefficient (Wildman–Crippen LogP) is 7.13. The van der Waals surface area contributed by atoms with Crippen LogP contribution in [0.25, 0.3) is 0 Å². The van der Waals surface area contributed by atoms with Crippen LogP contribution >= 0.6 is 0 Å². The summed E-state index contributed by atoms with van der Waals surface area (Å²) < 4.78 is 17.5. The Balaban J connectivity index is 0. The lowest BCUT2D eigenvalue weighted by Gasteiger charge is -2.31. The van der Waals surface area contributed by atoms with E-state index in [1.807, 2.05) is 0 Å². The van der Waals surface area contributed by atoms with Gasteiger partial charge in [-0.1, -0.05) is 75.2 Å². The molecule has 27 heavy (non-hydrogen) atoms. The van der Waals surface area contributed by atoms with Crippen LogP contribution in [0.3, 0.4) is 0 Å². The molecule has 0 aliphatic heterocycles. The number of rotatable bonds is 10. The van der Waals surface area contributed by atoms with Crippen molar-refractivity contribution in [3.05, 3.63) is 0 Å². The summed E-state index contributed by atoms with van der Waals surface area (Å²) in [6, 6.07) is 0. The van der Waals surface area contributed by atoms with Crippen LogP contribution < -0.4 is 0 Å². The van der Waals surface area contributed by atoms with E-state index in [1.165, 1.54) is 12.8 Å². The molecule has 0 radical (unpaired) electrons.